The normalized spacial score (nSPS) is 11.0. The smallest absolute Gasteiger partial charge is 0.197 e. The van der Waals surface area contributed by atoms with E-state index in [-0.39, 0.29) is 5.43 Å². The summed E-state index contributed by atoms with van der Waals surface area (Å²) in [6.07, 6.45) is 0. The Morgan fingerprint density at radius 3 is 2.72 bits per heavy atom. The van der Waals surface area contributed by atoms with Crippen molar-refractivity contribution in [2.24, 2.45) is 0 Å². The van der Waals surface area contributed by atoms with Crippen LogP contribution in [0.15, 0.2) is 45.7 Å². The third-order valence-electron chi connectivity index (χ3n) is 2.86. The molecular weight excluding hydrogens is 312 g/mol. The fraction of sp³-hybridized carbons (Fsp3) is 0.0714. The molecule has 2 aromatic carbocycles. The maximum absolute atomic E-state index is 12.5. The predicted molar refractivity (Wildman–Crippen MR) is 79.9 cm³/mol. The highest BCUT2D eigenvalue weighted by Gasteiger charge is 2.12. The van der Waals surface area contributed by atoms with Crippen LogP contribution in [0.2, 0.25) is 0 Å². The quantitative estimate of drug-likeness (QED) is 0.628. The summed E-state index contributed by atoms with van der Waals surface area (Å²) in [5.74, 6) is 0.737. The van der Waals surface area contributed by atoms with Crippen molar-refractivity contribution in [3.8, 4) is 5.75 Å². The third-order valence-corrected chi connectivity index (χ3v) is 4.71. The zero-order valence-corrected chi connectivity index (χ0v) is 12.0. The van der Waals surface area contributed by atoms with Gasteiger partial charge < -0.3 is 4.74 Å². The van der Waals surface area contributed by atoms with Crippen molar-refractivity contribution in [3.05, 3.63) is 51.1 Å². The molecule has 4 heteroatoms. The van der Waals surface area contributed by atoms with Crippen LogP contribution in [0, 0.1) is 0 Å². The van der Waals surface area contributed by atoms with Crippen LogP contribution in [0.4, 0.5) is 0 Å². The second-order valence-corrected chi connectivity index (χ2v) is 5.79. The van der Waals surface area contributed by atoms with Gasteiger partial charge in [-0.05, 0) is 40.2 Å². The number of benzene rings is 2. The Bertz CT molecular complexity index is 808. The van der Waals surface area contributed by atoms with Crippen LogP contribution in [0.1, 0.15) is 0 Å². The van der Waals surface area contributed by atoms with Gasteiger partial charge in [-0.3, -0.25) is 4.79 Å². The van der Waals surface area contributed by atoms with Crippen LogP contribution in [0.25, 0.3) is 20.2 Å². The molecule has 0 aliphatic carbocycles. The lowest BCUT2D eigenvalue weighted by molar-refractivity contribution is 0.420. The molecule has 0 fully saturated rings. The molecule has 0 aliphatic heterocycles. The highest BCUT2D eigenvalue weighted by atomic mass is 79.9. The topological polar surface area (TPSA) is 26.3 Å². The van der Waals surface area contributed by atoms with Gasteiger partial charge in [-0.25, -0.2) is 0 Å². The molecule has 0 unspecified atom stereocenters. The van der Waals surface area contributed by atoms with E-state index < -0.39 is 0 Å². The summed E-state index contributed by atoms with van der Waals surface area (Å²) in [7, 11) is 1.62. The number of halogens is 1. The van der Waals surface area contributed by atoms with E-state index in [9.17, 15) is 4.79 Å². The minimum atomic E-state index is 0.0464. The van der Waals surface area contributed by atoms with E-state index in [1.54, 1.807) is 18.4 Å². The van der Waals surface area contributed by atoms with Crippen molar-refractivity contribution in [2.75, 3.05) is 7.11 Å². The van der Waals surface area contributed by atoms with Crippen molar-refractivity contribution in [2.45, 2.75) is 0 Å². The van der Waals surface area contributed by atoms with Gasteiger partial charge in [0, 0.05) is 14.6 Å². The summed E-state index contributed by atoms with van der Waals surface area (Å²) < 4.78 is 8.01. The van der Waals surface area contributed by atoms with Crippen molar-refractivity contribution in [3.63, 3.8) is 0 Å². The fourth-order valence-corrected chi connectivity index (χ4v) is 3.84. The lowest BCUT2D eigenvalue weighted by atomic mass is 10.2. The Kier molecular flexibility index (Phi) is 2.84. The first kappa shape index (κ1) is 11.7. The zero-order valence-electron chi connectivity index (χ0n) is 9.57. The van der Waals surface area contributed by atoms with Gasteiger partial charge in [0.15, 0.2) is 5.43 Å². The molecule has 3 rings (SSSR count). The molecule has 0 spiro atoms. The Balaban J connectivity index is 2.63. The summed E-state index contributed by atoms with van der Waals surface area (Å²) in [6, 6.07) is 11.4. The second kappa shape index (κ2) is 4.37. The van der Waals surface area contributed by atoms with Gasteiger partial charge in [0.25, 0.3) is 0 Å². The van der Waals surface area contributed by atoms with Crippen molar-refractivity contribution < 1.29 is 4.74 Å². The maximum atomic E-state index is 12.5. The summed E-state index contributed by atoms with van der Waals surface area (Å²) in [6.45, 7) is 0. The van der Waals surface area contributed by atoms with Crippen LogP contribution in [-0.2, 0) is 0 Å². The molecule has 90 valence electrons. The highest BCUT2D eigenvalue weighted by molar-refractivity contribution is 9.10. The fourth-order valence-electron chi connectivity index (χ4n) is 2.00. The Labute approximate surface area is 116 Å². The third kappa shape index (κ3) is 1.64. The highest BCUT2D eigenvalue weighted by Crippen LogP contribution is 2.35. The maximum Gasteiger partial charge on any atom is 0.197 e. The lowest BCUT2D eigenvalue weighted by Gasteiger charge is -2.07. The number of hydrogen-bond acceptors (Lipinski definition) is 3. The van der Waals surface area contributed by atoms with Gasteiger partial charge >= 0.3 is 0 Å². The monoisotopic (exact) mass is 320 g/mol. The van der Waals surface area contributed by atoms with Crippen molar-refractivity contribution in [1.82, 2.24) is 0 Å². The molecule has 3 aromatic rings. The lowest BCUT2D eigenvalue weighted by Crippen LogP contribution is -2.02. The average Bonchev–Trinajstić information content (AvgIpc) is 2.39. The van der Waals surface area contributed by atoms with Crippen LogP contribution in [0.3, 0.4) is 0 Å². The molecule has 0 amide bonds. The van der Waals surface area contributed by atoms with Gasteiger partial charge in [-0.2, -0.15) is 0 Å². The number of hydrogen-bond donors (Lipinski definition) is 0. The van der Waals surface area contributed by atoms with E-state index in [0.29, 0.717) is 5.39 Å². The number of ether oxygens (including phenoxy) is 1. The summed E-state index contributed by atoms with van der Waals surface area (Å²) in [4.78, 5) is 12.5. The molecule has 0 saturated carbocycles. The Hall–Kier alpha value is -1.39. The number of fused-ring (bicyclic) bond motifs is 2. The molecule has 2 nitrogen and oxygen atoms in total. The minimum Gasteiger partial charge on any atom is -0.495 e. The Morgan fingerprint density at radius 2 is 1.94 bits per heavy atom. The number of rotatable bonds is 1. The summed E-state index contributed by atoms with van der Waals surface area (Å²) in [5, 5.41) is 1.45. The molecule has 0 bridgehead atoms. The molecule has 1 heterocycles. The number of methoxy groups -OCH3 is 1. The van der Waals surface area contributed by atoms with Crippen LogP contribution >= 0.6 is 27.3 Å². The van der Waals surface area contributed by atoms with E-state index >= 15 is 0 Å². The molecule has 1 aromatic heterocycles. The van der Waals surface area contributed by atoms with E-state index in [2.05, 4.69) is 15.9 Å². The second-order valence-electron chi connectivity index (χ2n) is 3.88. The molecule has 0 saturated heterocycles. The molecule has 0 radical (unpaired) electrons. The molecular formula is C14H9BrO2S. The predicted octanol–water partition coefficient (Wildman–Crippen LogP) is 4.19. The SMILES string of the molecule is COc1ccc(Br)c2c(=O)c3ccccc3sc12. The molecule has 0 N–H and O–H groups in total. The summed E-state index contributed by atoms with van der Waals surface area (Å²) in [5.41, 5.74) is 0.0464. The van der Waals surface area contributed by atoms with Gasteiger partial charge in [0.2, 0.25) is 0 Å². The van der Waals surface area contributed by atoms with Crippen LogP contribution < -0.4 is 10.2 Å². The first-order valence-corrected chi connectivity index (χ1v) is 7.01. The van der Waals surface area contributed by atoms with Gasteiger partial charge in [-0.1, -0.05) is 12.1 Å². The Morgan fingerprint density at radius 1 is 1.17 bits per heavy atom. The minimum absolute atomic E-state index is 0.0464. The van der Waals surface area contributed by atoms with Crippen LogP contribution in [-0.4, -0.2) is 7.11 Å². The molecule has 0 aliphatic rings. The standard InChI is InChI=1S/C14H9BrO2S/c1-17-10-7-6-9(15)12-13(16)8-4-2-3-5-11(8)18-14(10)12/h2-7H,1H3. The van der Waals surface area contributed by atoms with Crippen molar-refractivity contribution >= 4 is 47.4 Å². The van der Waals surface area contributed by atoms with Gasteiger partial charge in [0.1, 0.15) is 5.75 Å². The average molecular weight is 321 g/mol. The summed E-state index contributed by atoms with van der Waals surface area (Å²) >= 11 is 5.02. The van der Waals surface area contributed by atoms with Crippen LogP contribution in [0.5, 0.6) is 5.75 Å². The molecule has 18 heavy (non-hydrogen) atoms. The van der Waals surface area contributed by atoms with E-state index in [0.717, 1.165) is 25.0 Å². The van der Waals surface area contributed by atoms with E-state index in [1.807, 2.05) is 36.4 Å². The first-order chi connectivity index (χ1) is 8.72. The van der Waals surface area contributed by atoms with E-state index in [1.165, 1.54) is 0 Å². The van der Waals surface area contributed by atoms with Crippen molar-refractivity contribution in [1.29, 1.82) is 0 Å². The molecule has 0 atom stereocenters. The van der Waals surface area contributed by atoms with Gasteiger partial charge in [0.05, 0.1) is 17.2 Å². The van der Waals surface area contributed by atoms with Gasteiger partial charge in [-0.15, -0.1) is 11.3 Å². The largest absolute Gasteiger partial charge is 0.495 e. The van der Waals surface area contributed by atoms with E-state index in [4.69, 9.17) is 4.74 Å². The zero-order chi connectivity index (χ0) is 12.7. The first-order valence-electron chi connectivity index (χ1n) is 5.40.